The number of rotatable bonds is 2. The molecule has 2 heterocycles. The molecule has 0 unspecified atom stereocenters. The number of nitrogens with zero attached hydrogens (tertiary/aromatic N) is 2. The number of hydrogen-bond acceptors (Lipinski definition) is 3. The standard InChI is InChI=1S/C12H17FN4O/c1-9-4-2-3-7-17(9)12(18)16-15-11-6-5-10(13)8-14-11/h5-6,8-9H,2-4,7H2,1H3,(H,14,15)(H,16,18)/t9-/m0/s1. The van der Waals surface area contributed by atoms with Crippen LogP contribution >= 0.6 is 0 Å². The average molecular weight is 252 g/mol. The van der Waals surface area contributed by atoms with Gasteiger partial charge in [0.2, 0.25) is 0 Å². The number of anilines is 1. The first kappa shape index (κ1) is 12.6. The van der Waals surface area contributed by atoms with Crippen LogP contribution in [0.5, 0.6) is 0 Å². The fraction of sp³-hybridized carbons (Fsp3) is 0.500. The Morgan fingerprint density at radius 1 is 1.50 bits per heavy atom. The minimum absolute atomic E-state index is 0.173. The van der Waals surface area contributed by atoms with Gasteiger partial charge in [0.1, 0.15) is 11.6 Å². The van der Waals surface area contributed by atoms with E-state index in [1.165, 1.54) is 12.1 Å². The van der Waals surface area contributed by atoms with Crippen molar-refractivity contribution in [3.63, 3.8) is 0 Å². The predicted octanol–water partition coefficient (Wildman–Crippen LogP) is 2.13. The van der Waals surface area contributed by atoms with E-state index in [1.807, 2.05) is 6.92 Å². The molecule has 0 radical (unpaired) electrons. The summed E-state index contributed by atoms with van der Waals surface area (Å²) >= 11 is 0. The van der Waals surface area contributed by atoms with Crippen molar-refractivity contribution in [2.45, 2.75) is 32.2 Å². The summed E-state index contributed by atoms with van der Waals surface area (Å²) < 4.78 is 12.6. The number of amides is 2. The molecule has 1 aromatic rings. The molecule has 2 rings (SSSR count). The van der Waals surface area contributed by atoms with E-state index in [9.17, 15) is 9.18 Å². The third-order valence-electron chi connectivity index (χ3n) is 3.09. The highest BCUT2D eigenvalue weighted by Crippen LogP contribution is 2.16. The number of nitrogens with one attached hydrogen (secondary N) is 2. The Labute approximate surface area is 105 Å². The van der Waals surface area contributed by atoms with Crippen LogP contribution in [0.4, 0.5) is 15.0 Å². The minimum atomic E-state index is -0.406. The lowest BCUT2D eigenvalue weighted by molar-refractivity contribution is 0.160. The van der Waals surface area contributed by atoms with Crippen LogP contribution in [0.1, 0.15) is 26.2 Å². The molecule has 2 amide bonds. The number of aromatic nitrogens is 1. The summed E-state index contributed by atoms with van der Waals surface area (Å²) in [5, 5.41) is 0. The highest BCUT2D eigenvalue weighted by Gasteiger charge is 2.22. The third-order valence-corrected chi connectivity index (χ3v) is 3.09. The van der Waals surface area contributed by atoms with Gasteiger partial charge in [-0.15, -0.1) is 0 Å². The Morgan fingerprint density at radius 2 is 2.33 bits per heavy atom. The molecule has 5 nitrogen and oxygen atoms in total. The number of likely N-dealkylation sites (tertiary alicyclic amines) is 1. The van der Waals surface area contributed by atoms with Crippen molar-refractivity contribution >= 4 is 11.8 Å². The lowest BCUT2D eigenvalue weighted by atomic mass is 10.0. The van der Waals surface area contributed by atoms with Crippen LogP contribution < -0.4 is 10.9 Å². The molecule has 98 valence electrons. The van der Waals surface area contributed by atoms with Crippen LogP contribution in [-0.2, 0) is 0 Å². The number of carbonyl (C=O) groups excluding carboxylic acids is 1. The molecule has 1 atom stereocenters. The van der Waals surface area contributed by atoms with Gasteiger partial charge >= 0.3 is 6.03 Å². The highest BCUT2D eigenvalue weighted by atomic mass is 19.1. The van der Waals surface area contributed by atoms with Gasteiger partial charge in [-0.25, -0.2) is 14.2 Å². The van der Waals surface area contributed by atoms with Crippen LogP contribution in [0.15, 0.2) is 18.3 Å². The molecule has 6 heteroatoms. The second-order valence-electron chi connectivity index (χ2n) is 4.46. The molecule has 1 saturated heterocycles. The molecule has 1 aliphatic rings. The second-order valence-corrected chi connectivity index (χ2v) is 4.46. The fourth-order valence-corrected chi connectivity index (χ4v) is 2.04. The molecule has 2 N–H and O–H groups in total. The maximum absolute atomic E-state index is 12.6. The lowest BCUT2D eigenvalue weighted by Crippen LogP contribution is -2.49. The zero-order chi connectivity index (χ0) is 13.0. The maximum Gasteiger partial charge on any atom is 0.336 e. The summed E-state index contributed by atoms with van der Waals surface area (Å²) in [5.74, 6) is 0.00550. The van der Waals surface area contributed by atoms with Crippen LogP contribution in [0.25, 0.3) is 0 Å². The maximum atomic E-state index is 12.6. The summed E-state index contributed by atoms with van der Waals surface area (Å²) in [4.78, 5) is 17.5. The Kier molecular flexibility index (Phi) is 3.96. The molecule has 0 bridgehead atoms. The van der Waals surface area contributed by atoms with Gasteiger partial charge in [0.25, 0.3) is 0 Å². The molecule has 1 aliphatic heterocycles. The molecule has 18 heavy (non-hydrogen) atoms. The molecule has 1 aromatic heterocycles. The minimum Gasteiger partial charge on any atom is -0.321 e. The van der Waals surface area contributed by atoms with Gasteiger partial charge in [-0.05, 0) is 38.3 Å². The van der Waals surface area contributed by atoms with Crippen LogP contribution in [0, 0.1) is 5.82 Å². The van der Waals surface area contributed by atoms with E-state index in [-0.39, 0.29) is 12.1 Å². The Morgan fingerprint density at radius 3 is 3.00 bits per heavy atom. The number of hydrazine groups is 1. The van der Waals surface area contributed by atoms with E-state index in [0.717, 1.165) is 32.0 Å². The number of pyridine rings is 1. The summed E-state index contributed by atoms with van der Waals surface area (Å²) in [6.07, 6.45) is 4.32. The molecule has 0 saturated carbocycles. The first-order valence-corrected chi connectivity index (χ1v) is 6.11. The first-order chi connectivity index (χ1) is 8.66. The van der Waals surface area contributed by atoms with Gasteiger partial charge in [-0.1, -0.05) is 0 Å². The average Bonchev–Trinajstić information content (AvgIpc) is 2.38. The van der Waals surface area contributed by atoms with E-state index in [0.29, 0.717) is 5.82 Å². The van der Waals surface area contributed by atoms with Crippen LogP contribution in [0.3, 0.4) is 0 Å². The highest BCUT2D eigenvalue weighted by molar-refractivity contribution is 5.75. The largest absolute Gasteiger partial charge is 0.336 e. The van der Waals surface area contributed by atoms with E-state index < -0.39 is 5.82 Å². The normalized spacial score (nSPS) is 19.4. The fourth-order valence-electron chi connectivity index (χ4n) is 2.04. The smallest absolute Gasteiger partial charge is 0.321 e. The van der Waals surface area contributed by atoms with Crippen molar-refractivity contribution in [2.24, 2.45) is 0 Å². The molecule has 0 aromatic carbocycles. The van der Waals surface area contributed by atoms with Crippen molar-refractivity contribution in [1.82, 2.24) is 15.3 Å². The number of halogens is 1. The van der Waals surface area contributed by atoms with Gasteiger partial charge in [0.05, 0.1) is 6.20 Å². The third kappa shape index (κ3) is 3.09. The van der Waals surface area contributed by atoms with Crippen molar-refractivity contribution < 1.29 is 9.18 Å². The quantitative estimate of drug-likeness (QED) is 0.793. The summed E-state index contributed by atoms with van der Waals surface area (Å²) in [7, 11) is 0. The zero-order valence-corrected chi connectivity index (χ0v) is 10.3. The topological polar surface area (TPSA) is 57.3 Å². The van der Waals surface area contributed by atoms with Gasteiger partial charge < -0.3 is 4.90 Å². The number of piperidine rings is 1. The number of hydrogen-bond donors (Lipinski definition) is 2. The van der Waals surface area contributed by atoms with Gasteiger partial charge in [0.15, 0.2) is 0 Å². The SMILES string of the molecule is C[C@H]1CCCCN1C(=O)NNc1ccc(F)cn1. The van der Waals surface area contributed by atoms with Gasteiger partial charge in [0, 0.05) is 12.6 Å². The van der Waals surface area contributed by atoms with Crippen molar-refractivity contribution in [3.05, 3.63) is 24.1 Å². The number of carbonyl (C=O) groups is 1. The Balaban J connectivity index is 1.85. The summed E-state index contributed by atoms with van der Waals surface area (Å²) in [6, 6.07) is 2.83. The molecule has 0 aliphatic carbocycles. The molecular weight excluding hydrogens is 235 g/mol. The number of urea groups is 1. The van der Waals surface area contributed by atoms with E-state index in [4.69, 9.17) is 0 Å². The Bertz CT molecular complexity index is 409. The van der Waals surface area contributed by atoms with Crippen LogP contribution in [0.2, 0.25) is 0 Å². The molecule has 0 spiro atoms. The van der Waals surface area contributed by atoms with E-state index in [2.05, 4.69) is 15.8 Å². The molecule has 1 fully saturated rings. The van der Waals surface area contributed by atoms with Gasteiger partial charge in [-0.3, -0.25) is 10.9 Å². The van der Waals surface area contributed by atoms with Crippen molar-refractivity contribution in [3.8, 4) is 0 Å². The summed E-state index contributed by atoms with van der Waals surface area (Å²) in [5.41, 5.74) is 5.24. The zero-order valence-electron chi connectivity index (χ0n) is 10.3. The monoisotopic (exact) mass is 252 g/mol. The van der Waals surface area contributed by atoms with E-state index >= 15 is 0 Å². The van der Waals surface area contributed by atoms with Crippen LogP contribution in [-0.4, -0.2) is 28.5 Å². The van der Waals surface area contributed by atoms with E-state index in [1.54, 1.807) is 4.90 Å². The van der Waals surface area contributed by atoms with Crippen molar-refractivity contribution in [2.75, 3.05) is 12.0 Å². The van der Waals surface area contributed by atoms with Crippen molar-refractivity contribution in [1.29, 1.82) is 0 Å². The Hall–Kier alpha value is -1.85. The summed E-state index contributed by atoms with van der Waals surface area (Å²) in [6.45, 7) is 2.81. The second kappa shape index (κ2) is 5.66. The molecular formula is C12H17FN4O. The lowest BCUT2D eigenvalue weighted by Gasteiger charge is -2.33. The first-order valence-electron chi connectivity index (χ1n) is 6.11. The predicted molar refractivity (Wildman–Crippen MR) is 66.4 cm³/mol. The van der Waals surface area contributed by atoms with Gasteiger partial charge in [-0.2, -0.15) is 0 Å².